The van der Waals surface area contributed by atoms with Crippen LogP contribution in [0, 0.1) is 0 Å². The number of rotatable bonds is 6. The van der Waals surface area contributed by atoms with Crippen molar-refractivity contribution in [3.8, 4) is 11.4 Å². The number of imidazole rings is 1. The topological polar surface area (TPSA) is 69.0 Å². The number of hydrogen-bond donors (Lipinski definition) is 1. The second-order valence-electron chi connectivity index (χ2n) is 6.40. The number of methoxy groups -OCH3 is 1. The number of carbonyl (C=O) groups is 1. The smallest absolute Gasteiger partial charge is 0.224 e. The van der Waals surface area contributed by atoms with Crippen LogP contribution in [-0.4, -0.2) is 27.6 Å². The number of amides is 1. The van der Waals surface area contributed by atoms with E-state index in [9.17, 15) is 4.79 Å². The van der Waals surface area contributed by atoms with E-state index in [0.29, 0.717) is 12.8 Å². The fourth-order valence-electron chi connectivity index (χ4n) is 3.14. The summed E-state index contributed by atoms with van der Waals surface area (Å²) in [5.74, 6) is 0.738. The van der Waals surface area contributed by atoms with Gasteiger partial charge in [0.2, 0.25) is 5.91 Å². The van der Waals surface area contributed by atoms with Gasteiger partial charge in [-0.2, -0.15) is 0 Å². The third kappa shape index (κ3) is 3.71. The zero-order chi connectivity index (χ0) is 19.3. The first-order valence-electron chi connectivity index (χ1n) is 9.04. The van der Waals surface area contributed by atoms with E-state index in [0.717, 1.165) is 33.7 Å². The van der Waals surface area contributed by atoms with Crippen LogP contribution in [-0.2, 0) is 11.2 Å². The molecule has 0 aliphatic rings. The number of para-hydroxylation sites is 2. The second-order valence-corrected chi connectivity index (χ2v) is 6.40. The predicted octanol–water partition coefficient (Wildman–Crippen LogP) is 4.00. The van der Waals surface area contributed by atoms with Crippen molar-refractivity contribution < 1.29 is 9.53 Å². The largest absolute Gasteiger partial charge is 0.495 e. The molecule has 0 radical (unpaired) electrons. The van der Waals surface area contributed by atoms with E-state index < -0.39 is 0 Å². The Morgan fingerprint density at radius 1 is 1.14 bits per heavy atom. The van der Waals surface area contributed by atoms with Crippen LogP contribution in [0.5, 0.6) is 5.75 Å². The molecule has 2 aromatic heterocycles. The molecule has 0 saturated heterocycles. The van der Waals surface area contributed by atoms with Gasteiger partial charge < -0.3 is 10.1 Å². The zero-order valence-corrected chi connectivity index (χ0v) is 15.5. The Morgan fingerprint density at radius 3 is 2.86 bits per heavy atom. The van der Waals surface area contributed by atoms with E-state index >= 15 is 0 Å². The molecule has 0 atom stereocenters. The highest BCUT2D eigenvalue weighted by atomic mass is 16.5. The standard InChI is InChI=1S/C22H20N4O2/c1-28-21-7-3-2-6-20(21)26-15-24-18-13-17(9-10-19(18)26)25-22(27)11-8-16-5-4-12-23-14-16/h2-7,9-10,12-15H,8,11H2,1H3,(H,25,27). The Hall–Kier alpha value is -3.67. The van der Waals surface area contributed by atoms with E-state index in [-0.39, 0.29) is 5.91 Å². The molecule has 0 aliphatic carbocycles. The van der Waals surface area contributed by atoms with Gasteiger partial charge in [0.15, 0.2) is 0 Å². The van der Waals surface area contributed by atoms with Gasteiger partial charge >= 0.3 is 0 Å². The molecule has 4 aromatic rings. The number of fused-ring (bicyclic) bond motifs is 1. The minimum Gasteiger partial charge on any atom is -0.495 e. The predicted molar refractivity (Wildman–Crippen MR) is 109 cm³/mol. The number of anilines is 1. The molecule has 2 heterocycles. The molecule has 6 nitrogen and oxygen atoms in total. The summed E-state index contributed by atoms with van der Waals surface area (Å²) in [5, 5.41) is 2.94. The average Bonchev–Trinajstić information content (AvgIpc) is 3.16. The van der Waals surface area contributed by atoms with E-state index in [4.69, 9.17) is 4.74 Å². The van der Waals surface area contributed by atoms with Gasteiger partial charge in [0.25, 0.3) is 0 Å². The number of benzene rings is 2. The molecule has 1 amide bonds. The van der Waals surface area contributed by atoms with E-state index in [1.54, 1.807) is 25.8 Å². The Morgan fingerprint density at radius 2 is 2.04 bits per heavy atom. The molecule has 0 unspecified atom stereocenters. The summed E-state index contributed by atoms with van der Waals surface area (Å²) in [6.45, 7) is 0. The van der Waals surface area contributed by atoms with Crippen molar-refractivity contribution in [1.82, 2.24) is 14.5 Å². The van der Waals surface area contributed by atoms with Crippen molar-refractivity contribution in [2.24, 2.45) is 0 Å². The summed E-state index contributed by atoms with van der Waals surface area (Å²) in [5.41, 5.74) is 4.44. The van der Waals surface area contributed by atoms with Gasteiger partial charge in [0.05, 0.1) is 23.8 Å². The third-order valence-electron chi connectivity index (χ3n) is 4.54. The van der Waals surface area contributed by atoms with Gasteiger partial charge in [-0.15, -0.1) is 0 Å². The number of pyridine rings is 1. The third-order valence-corrected chi connectivity index (χ3v) is 4.54. The lowest BCUT2D eigenvalue weighted by atomic mass is 10.1. The summed E-state index contributed by atoms with van der Waals surface area (Å²) in [6, 6.07) is 17.3. The number of aromatic nitrogens is 3. The first-order valence-corrected chi connectivity index (χ1v) is 9.04. The maximum Gasteiger partial charge on any atom is 0.224 e. The Labute approximate surface area is 162 Å². The summed E-state index contributed by atoms with van der Waals surface area (Å²) < 4.78 is 7.42. The molecule has 2 aromatic carbocycles. The van der Waals surface area contributed by atoms with Crippen molar-refractivity contribution in [3.63, 3.8) is 0 Å². The minimum absolute atomic E-state index is 0.0348. The highest BCUT2D eigenvalue weighted by Crippen LogP contribution is 2.27. The van der Waals surface area contributed by atoms with E-state index in [2.05, 4.69) is 15.3 Å². The van der Waals surface area contributed by atoms with Crippen molar-refractivity contribution in [2.75, 3.05) is 12.4 Å². The normalized spacial score (nSPS) is 10.8. The van der Waals surface area contributed by atoms with E-state index in [1.807, 2.05) is 59.2 Å². The summed E-state index contributed by atoms with van der Waals surface area (Å²) in [7, 11) is 1.65. The van der Waals surface area contributed by atoms with E-state index in [1.165, 1.54) is 0 Å². The number of aryl methyl sites for hydroxylation is 1. The van der Waals surface area contributed by atoms with Crippen LogP contribution in [0.3, 0.4) is 0 Å². The van der Waals surface area contributed by atoms with Crippen LogP contribution in [0.2, 0.25) is 0 Å². The number of ether oxygens (including phenoxy) is 1. The van der Waals surface area contributed by atoms with Crippen molar-refractivity contribution in [1.29, 1.82) is 0 Å². The zero-order valence-electron chi connectivity index (χ0n) is 15.5. The number of carbonyl (C=O) groups excluding carboxylic acids is 1. The molecule has 0 saturated carbocycles. The SMILES string of the molecule is COc1ccccc1-n1cnc2cc(NC(=O)CCc3cccnc3)ccc21. The lowest BCUT2D eigenvalue weighted by Gasteiger charge is -2.10. The quantitative estimate of drug-likeness (QED) is 0.555. The molecule has 140 valence electrons. The van der Waals surface area contributed by atoms with Gasteiger partial charge in [-0.1, -0.05) is 18.2 Å². The Bertz CT molecular complexity index is 1110. The molecule has 28 heavy (non-hydrogen) atoms. The van der Waals surface area contributed by atoms with Crippen LogP contribution in [0.25, 0.3) is 16.7 Å². The van der Waals surface area contributed by atoms with Crippen LogP contribution in [0.15, 0.2) is 73.3 Å². The van der Waals surface area contributed by atoms with Gasteiger partial charge in [0.1, 0.15) is 12.1 Å². The van der Waals surface area contributed by atoms with Crippen LogP contribution >= 0.6 is 0 Å². The lowest BCUT2D eigenvalue weighted by Crippen LogP contribution is -2.12. The number of hydrogen-bond acceptors (Lipinski definition) is 4. The molecule has 6 heteroatoms. The Kier molecular flexibility index (Phi) is 5.01. The minimum atomic E-state index is -0.0348. The van der Waals surface area contributed by atoms with Crippen LogP contribution < -0.4 is 10.1 Å². The summed E-state index contributed by atoms with van der Waals surface area (Å²) in [4.78, 5) is 20.8. The molecule has 0 fully saturated rings. The monoisotopic (exact) mass is 372 g/mol. The molecule has 1 N–H and O–H groups in total. The van der Waals surface area contributed by atoms with Crippen molar-refractivity contribution in [3.05, 3.63) is 78.9 Å². The first kappa shape index (κ1) is 17.7. The van der Waals surface area contributed by atoms with Gasteiger partial charge in [-0.05, 0) is 48.4 Å². The van der Waals surface area contributed by atoms with Crippen LogP contribution in [0.4, 0.5) is 5.69 Å². The van der Waals surface area contributed by atoms with Gasteiger partial charge in [0, 0.05) is 24.5 Å². The molecule has 0 spiro atoms. The first-order chi connectivity index (χ1) is 13.7. The van der Waals surface area contributed by atoms with Gasteiger partial charge in [-0.25, -0.2) is 4.98 Å². The molecule has 0 aliphatic heterocycles. The van der Waals surface area contributed by atoms with Crippen LogP contribution in [0.1, 0.15) is 12.0 Å². The highest BCUT2D eigenvalue weighted by molar-refractivity contribution is 5.93. The average molecular weight is 372 g/mol. The maximum absolute atomic E-state index is 12.3. The van der Waals surface area contributed by atoms with Crippen molar-refractivity contribution in [2.45, 2.75) is 12.8 Å². The maximum atomic E-state index is 12.3. The number of nitrogens with zero attached hydrogens (tertiary/aromatic N) is 3. The summed E-state index contributed by atoms with van der Waals surface area (Å²) >= 11 is 0. The fourth-order valence-corrected chi connectivity index (χ4v) is 3.14. The molecule has 4 rings (SSSR count). The second kappa shape index (κ2) is 7.92. The Balaban J connectivity index is 1.50. The molecular formula is C22H20N4O2. The molecular weight excluding hydrogens is 352 g/mol. The number of nitrogens with one attached hydrogen (secondary N) is 1. The summed E-state index contributed by atoms with van der Waals surface area (Å²) in [6.07, 6.45) is 6.33. The molecule has 0 bridgehead atoms. The fraction of sp³-hybridized carbons (Fsp3) is 0.136. The van der Waals surface area contributed by atoms with Crippen molar-refractivity contribution >= 4 is 22.6 Å². The van der Waals surface area contributed by atoms with Gasteiger partial charge in [-0.3, -0.25) is 14.3 Å². The highest BCUT2D eigenvalue weighted by Gasteiger charge is 2.10. The lowest BCUT2D eigenvalue weighted by molar-refractivity contribution is -0.116.